The lowest BCUT2D eigenvalue weighted by Gasteiger charge is -2.30. The van der Waals surface area contributed by atoms with Crippen molar-refractivity contribution in [2.24, 2.45) is 0 Å². The fourth-order valence-electron chi connectivity index (χ4n) is 4.43. The van der Waals surface area contributed by atoms with Crippen molar-refractivity contribution >= 4 is 23.4 Å². The van der Waals surface area contributed by atoms with Gasteiger partial charge in [-0.3, -0.25) is 9.59 Å². The molecule has 3 rings (SSSR count). The quantitative estimate of drug-likeness (QED) is 0.415. The summed E-state index contributed by atoms with van der Waals surface area (Å²) in [6, 6.07) is 12.8. The fraction of sp³-hybridized carbons (Fsp3) is 0.500. The van der Waals surface area contributed by atoms with E-state index >= 15 is 0 Å². The van der Waals surface area contributed by atoms with Crippen molar-refractivity contribution in [2.45, 2.75) is 77.9 Å². The average molecular weight is 501 g/mol. The van der Waals surface area contributed by atoms with Crippen molar-refractivity contribution in [1.82, 2.24) is 10.2 Å². The number of amides is 2. The van der Waals surface area contributed by atoms with E-state index in [9.17, 15) is 9.59 Å². The second-order valence-corrected chi connectivity index (χ2v) is 9.33. The Bertz CT molecular complexity index is 991. The van der Waals surface area contributed by atoms with E-state index in [1.165, 1.54) is 0 Å². The molecule has 2 amide bonds. The second kappa shape index (κ2) is 13.4. The predicted molar refractivity (Wildman–Crippen MR) is 139 cm³/mol. The molecule has 2 aromatic carbocycles. The van der Waals surface area contributed by atoms with Crippen LogP contribution in [0.3, 0.4) is 0 Å². The molecule has 1 fully saturated rings. The molecule has 1 aliphatic rings. The van der Waals surface area contributed by atoms with Crippen molar-refractivity contribution in [2.75, 3.05) is 13.2 Å². The monoisotopic (exact) mass is 500 g/mol. The van der Waals surface area contributed by atoms with Crippen molar-refractivity contribution in [3.63, 3.8) is 0 Å². The molecule has 0 radical (unpaired) electrons. The zero-order valence-electron chi connectivity index (χ0n) is 21.0. The van der Waals surface area contributed by atoms with Crippen LogP contribution in [0.4, 0.5) is 0 Å². The Morgan fingerprint density at radius 2 is 1.74 bits per heavy atom. The molecule has 6 nitrogen and oxygen atoms in total. The van der Waals surface area contributed by atoms with Gasteiger partial charge >= 0.3 is 0 Å². The molecule has 0 bridgehead atoms. The number of nitrogens with one attached hydrogen (secondary N) is 1. The van der Waals surface area contributed by atoms with Crippen LogP contribution in [0.15, 0.2) is 42.5 Å². The van der Waals surface area contributed by atoms with E-state index in [-0.39, 0.29) is 30.8 Å². The van der Waals surface area contributed by atoms with Crippen molar-refractivity contribution in [3.8, 4) is 11.5 Å². The smallest absolute Gasteiger partial charge is 0.242 e. The van der Waals surface area contributed by atoms with Crippen LogP contribution in [0, 0.1) is 0 Å². The standard InChI is InChI=1S/C28H37ClN2O4/c1-4-34-25-16-14-21(18-26(25)35-5-2)15-17-27(32)31(19-22-10-6-9-13-24(22)29)20(3)28(33)30-23-11-7-8-12-23/h6,9-10,13-14,16,18,20,23H,4-5,7-8,11-12,15,17,19H2,1-3H3,(H,30,33)/t20-/m1/s1. The minimum absolute atomic E-state index is 0.0918. The van der Waals surface area contributed by atoms with Gasteiger partial charge in [-0.15, -0.1) is 0 Å². The number of carbonyl (C=O) groups is 2. The molecule has 1 N–H and O–H groups in total. The average Bonchev–Trinajstić information content (AvgIpc) is 3.36. The number of rotatable bonds is 12. The minimum Gasteiger partial charge on any atom is -0.490 e. The third kappa shape index (κ3) is 7.63. The number of halogens is 1. The summed E-state index contributed by atoms with van der Waals surface area (Å²) >= 11 is 6.39. The molecular formula is C28H37ClN2O4. The molecule has 0 aromatic heterocycles. The fourth-order valence-corrected chi connectivity index (χ4v) is 4.63. The summed E-state index contributed by atoms with van der Waals surface area (Å²) in [6.07, 6.45) is 5.06. The molecule has 2 aromatic rings. The minimum atomic E-state index is -0.598. The third-order valence-corrected chi connectivity index (χ3v) is 6.77. The number of nitrogens with zero attached hydrogens (tertiary/aromatic N) is 1. The van der Waals surface area contributed by atoms with Gasteiger partial charge in [0.15, 0.2) is 11.5 Å². The van der Waals surface area contributed by atoms with Crippen molar-refractivity contribution < 1.29 is 19.1 Å². The Hall–Kier alpha value is -2.73. The van der Waals surface area contributed by atoms with Crippen LogP contribution < -0.4 is 14.8 Å². The van der Waals surface area contributed by atoms with Gasteiger partial charge in [0.25, 0.3) is 0 Å². The van der Waals surface area contributed by atoms with E-state index in [0.717, 1.165) is 36.8 Å². The number of hydrogen-bond donors (Lipinski definition) is 1. The van der Waals surface area contributed by atoms with E-state index in [1.54, 1.807) is 17.9 Å². The zero-order chi connectivity index (χ0) is 25.2. The molecule has 1 atom stereocenters. The van der Waals surface area contributed by atoms with E-state index in [4.69, 9.17) is 21.1 Å². The summed E-state index contributed by atoms with van der Waals surface area (Å²) in [5.74, 6) is 1.17. The zero-order valence-corrected chi connectivity index (χ0v) is 21.8. The maximum absolute atomic E-state index is 13.4. The van der Waals surface area contributed by atoms with Gasteiger partial charge < -0.3 is 19.7 Å². The Labute approximate surface area is 213 Å². The SMILES string of the molecule is CCOc1ccc(CCC(=O)N(Cc2ccccc2Cl)[C@H](C)C(=O)NC2CCCC2)cc1OCC. The van der Waals surface area contributed by atoms with Crippen LogP contribution >= 0.6 is 11.6 Å². The Morgan fingerprint density at radius 1 is 1.06 bits per heavy atom. The van der Waals surface area contributed by atoms with Gasteiger partial charge in [0.05, 0.1) is 13.2 Å². The van der Waals surface area contributed by atoms with Gasteiger partial charge in [0.1, 0.15) is 6.04 Å². The van der Waals surface area contributed by atoms with E-state index in [2.05, 4.69) is 5.32 Å². The van der Waals surface area contributed by atoms with E-state index in [1.807, 2.05) is 50.2 Å². The highest BCUT2D eigenvalue weighted by molar-refractivity contribution is 6.31. The van der Waals surface area contributed by atoms with Crippen molar-refractivity contribution in [3.05, 3.63) is 58.6 Å². The molecule has 0 aliphatic heterocycles. The molecule has 1 aliphatic carbocycles. The first kappa shape index (κ1) is 26.9. The Kier molecular flexibility index (Phi) is 10.3. The maximum atomic E-state index is 13.4. The molecule has 0 unspecified atom stereocenters. The molecule has 0 heterocycles. The van der Waals surface area contributed by atoms with Crippen LogP contribution in [-0.2, 0) is 22.6 Å². The van der Waals surface area contributed by atoms with Crippen LogP contribution in [0.25, 0.3) is 0 Å². The van der Waals surface area contributed by atoms with Gasteiger partial charge in [0.2, 0.25) is 11.8 Å². The summed E-state index contributed by atoms with van der Waals surface area (Å²) in [5, 5.41) is 3.72. The highest BCUT2D eigenvalue weighted by Gasteiger charge is 2.28. The third-order valence-electron chi connectivity index (χ3n) is 6.40. The number of carbonyl (C=O) groups excluding carboxylic acids is 2. The normalized spacial score (nSPS) is 14.4. The first-order valence-electron chi connectivity index (χ1n) is 12.6. The van der Waals surface area contributed by atoms with Gasteiger partial charge in [-0.2, -0.15) is 0 Å². The Balaban J connectivity index is 1.73. The molecule has 1 saturated carbocycles. The summed E-state index contributed by atoms with van der Waals surface area (Å²) in [4.78, 5) is 28.1. The predicted octanol–water partition coefficient (Wildman–Crippen LogP) is 5.55. The lowest BCUT2D eigenvalue weighted by molar-refractivity contribution is -0.140. The summed E-state index contributed by atoms with van der Waals surface area (Å²) < 4.78 is 11.4. The summed E-state index contributed by atoms with van der Waals surface area (Å²) in [7, 11) is 0. The largest absolute Gasteiger partial charge is 0.490 e. The number of ether oxygens (including phenoxy) is 2. The lowest BCUT2D eigenvalue weighted by atomic mass is 10.1. The summed E-state index contributed by atoms with van der Waals surface area (Å²) in [6.45, 7) is 7.02. The van der Waals surface area contributed by atoms with Crippen LogP contribution in [-0.4, -0.2) is 42.0 Å². The molecular weight excluding hydrogens is 464 g/mol. The highest BCUT2D eigenvalue weighted by Crippen LogP contribution is 2.29. The highest BCUT2D eigenvalue weighted by atomic mass is 35.5. The first-order valence-corrected chi connectivity index (χ1v) is 13.0. The molecule has 7 heteroatoms. The molecule has 35 heavy (non-hydrogen) atoms. The number of hydrogen-bond acceptors (Lipinski definition) is 4. The van der Waals surface area contributed by atoms with Gasteiger partial charge in [0, 0.05) is 24.0 Å². The lowest BCUT2D eigenvalue weighted by Crippen LogP contribution is -2.49. The Morgan fingerprint density at radius 3 is 2.43 bits per heavy atom. The van der Waals surface area contributed by atoms with Gasteiger partial charge in [-0.05, 0) is 69.4 Å². The van der Waals surface area contributed by atoms with Gasteiger partial charge in [-0.25, -0.2) is 0 Å². The summed E-state index contributed by atoms with van der Waals surface area (Å²) in [5.41, 5.74) is 1.80. The number of aryl methyl sites for hydroxylation is 1. The maximum Gasteiger partial charge on any atom is 0.242 e. The van der Waals surface area contributed by atoms with Crippen LogP contribution in [0.1, 0.15) is 64.0 Å². The van der Waals surface area contributed by atoms with E-state index < -0.39 is 6.04 Å². The topological polar surface area (TPSA) is 67.9 Å². The molecule has 190 valence electrons. The van der Waals surface area contributed by atoms with Gasteiger partial charge in [-0.1, -0.05) is 48.7 Å². The van der Waals surface area contributed by atoms with Crippen LogP contribution in [0.5, 0.6) is 11.5 Å². The van der Waals surface area contributed by atoms with Crippen molar-refractivity contribution in [1.29, 1.82) is 0 Å². The van der Waals surface area contributed by atoms with Crippen LogP contribution in [0.2, 0.25) is 5.02 Å². The first-order chi connectivity index (χ1) is 16.9. The second-order valence-electron chi connectivity index (χ2n) is 8.93. The molecule has 0 saturated heterocycles. The van der Waals surface area contributed by atoms with E-state index in [0.29, 0.717) is 36.2 Å². The molecule has 0 spiro atoms. The number of benzene rings is 2.